The first-order valence-electron chi connectivity index (χ1n) is 4.56. The van der Waals surface area contributed by atoms with E-state index in [0.717, 1.165) is 18.2 Å². The molecule has 2 N–H and O–H groups in total. The molecule has 2 rings (SSSR count). The average molecular weight is 215 g/mol. The molecule has 3 nitrogen and oxygen atoms in total. The van der Waals surface area contributed by atoms with Gasteiger partial charge in [0.05, 0.1) is 0 Å². The topological polar surface area (TPSA) is 44.5 Å². The van der Waals surface area contributed by atoms with E-state index in [4.69, 9.17) is 12.2 Å². The van der Waals surface area contributed by atoms with Crippen molar-refractivity contribution in [1.29, 1.82) is 0 Å². The first-order chi connectivity index (χ1) is 6.34. The second-order valence-electron chi connectivity index (χ2n) is 3.37. The van der Waals surface area contributed by atoms with Crippen LogP contribution in [-0.2, 0) is 6.42 Å². The van der Waals surface area contributed by atoms with Crippen molar-refractivity contribution in [2.75, 3.05) is 11.5 Å². The Hall–Kier alpha value is -0.290. The normalized spacial score (nSPS) is 19.1. The van der Waals surface area contributed by atoms with E-state index in [2.05, 4.69) is 26.9 Å². The smallest absolute Gasteiger partial charge is 0.213 e. The van der Waals surface area contributed by atoms with E-state index in [0.29, 0.717) is 4.77 Å². The zero-order valence-electron chi connectivity index (χ0n) is 7.38. The van der Waals surface area contributed by atoms with Crippen molar-refractivity contribution < 1.29 is 0 Å². The molecule has 0 bridgehead atoms. The molecule has 0 atom stereocenters. The lowest BCUT2D eigenvalue weighted by atomic mass is 9.99. The van der Waals surface area contributed by atoms with Crippen molar-refractivity contribution in [2.24, 2.45) is 5.92 Å². The van der Waals surface area contributed by atoms with Gasteiger partial charge in [0.1, 0.15) is 5.82 Å². The highest BCUT2D eigenvalue weighted by Crippen LogP contribution is 2.24. The van der Waals surface area contributed by atoms with Crippen LogP contribution in [0.25, 0.3) is 0 Å². The Morgan fingerprint density at radius 2 is 2.15 bits per heavy atom. The minimum atomic E-state index is 0.570. The molecule has 0 radical (unpaired) electrons. The summed E-state index contributed by atoms with van der Waals surface area (Å²) < 4.78 is 0.570. The average Bonchev–Trinajstić information content (AvgIpc) is 2.53. The molecule has 13 heavy (non-hydrogen) atoms. The predicted octanol–water partition coefficient (Wildman–Crippen LogP) is 2.15. The number of nitrogens with zero attached hydrogens (tertiary/aromatic N) is 1. The van der Waals surface area contributed by atoms with Gasteiger partial charge in [-0.3, -0.25) is 10.2 Å². The van der Waals surface area contributed by atoms with Gasteiger partial charge in [0.15, 0.2) is 0 Å². The summed E-state index contributed by atoms with van der Waals surface area (Å²) in [6.07, 6.45) is 3.68. The van der Waals surface area contributed by atoms with E-state index >= 15 is 0 Å². The number of aromatic amines is 2. The first kappa shape index (κ1) is 9.27. The van der Waals surface area contributed by atoms with Crippen LogP contribution in [0.4, 0.5) is 0 Å². The number of H-pyrrole nitrogens is 2. The summed E-state index contributed by atoms with van der Waals surface area (Å²) in [4.78, 5) is 4.20. The Morgan fingerprint density at radius 3 is 2.77 bits per heavy atom. The third kappa shape index (κ3) is 2.57. The first-order valence-corrected chi connectivity index (χ1v) is 6.12. The van der Waals surface area contributed by atoms with E-state index in [1.165, 1.54) is 24.3 Å². The van der Waals surface area contributed by atoms with Gasteiger partial charge in [0, 0.05) is 6.42 Å². The lowest BCUT2D eigenvalue weighted by molar-refractivity contribution is 0.477. The maximum absolute atomic E-state index is 4.90. The van der Waals surface area contributed by atoms with Crippen LogP contribution in [-0.4, -0.2) is 26.7 Å². The maximum Gasteiger partial charge on any atom is 0.213 e. The highest BCUT2D eigenvalue weighted by atomic mass is 32.2. The molecule has 0 aliphatic carbocycles. The lowest BCUT2D eigenvalue weighted by Gasteiger charge is -2.19. The van der Waals surface area contributed by atoms with Crippen LogP contribution in [0.3, 0.4) is 0 Å². The Labute approximate surface area is 86.7 Å². The van der Waals surface area contributed by atoms with Crippen LogP contribution in [0, 0.1) is 10.7 Å². The molecule has 1 fully saturated rings. The van der Waals surface area contributed by atoms with Gasteiger partial charge >= 0.3 is 0 Å². The van der Waals surface area contributed by atoms with Gasteiger partial charge in [-0.2, -0.15) is 11.8 Å². The SMILES string of the molecule is S=c1nc(CC2CCSCC2)[nH][nH]1. The van der Waals surface area contributed by atoms with Crippen molar-refractivity contribution in [3.05, 3.63) is 10.6 Å². The Bertz CT molecular complexity index is 311. The summed E-state index contributed by atoms with van der Waals surface area (Å²) in [7, 11) is 0. The number of hydrogen-bond acceptors (Lipinski definition) is 3. The van der Waals surface area contributed by atoms with Gasteiger partial charge < -0.3 is 0 Å². The van der Waals surface area contributed by atoms with Crippen molar-refractivity contribution >= 4 is 24.0 Å². The number of nitrogens with one attached hydrogen (secondary N) is 2. The van der Waals surface area contributed by atoms with Gasteiger partial charge in [-0.15, -0.1) is 0 Å². The van der Waals surface area contributed by atoms with E-state index in [-0.39, 0.29) is 0 Å². The fourth-order valence-electron chi connectivity index (χ4n) is 1.62. The van der Waals surface area contributed by atoms with Crippen molar-refractivity contribution in [2.45, 2.75) is 19.3 Å². The summed E-state index contributed by atoms with van der Waals surface area (Å²) in [6.45, 7) is 0. The standard InChI is InChI=1S/C8H13N3S2/c12-8-9-7(10-11-8)5-6-1-3-13-4-2-6/h6H,1-5H2,(H2,9,10,11,12). The number of hydrogen-bond donors (Lipinski definition) is 2. The molecular weight excluding hydrogens is 202 g/mol. The van der Waals surface area contributed by atoms with Crippen molar-refractivity contribution in [3.8, 4) is 0 Å². The highest BCUT2D eigenvalue weighted by Gasteiger charge is 2.15. The van der Waals surface area contributed by atoms with Crippen LogP contribution in [0.15, 0.2) is 0 Å². The quantitative estimate of drug-likeness (QED) is 0.743. The number of rotatable bonds is 2. The van der Waals surface area contributed by atoms with Gasteiger partial charge in [-0.05, 0) is 42.5 Å². The van der Waals surface area contributed by atoms with Crippen molar-refractivity contribution in [1.82, 2.24) is 15.2 Å². The third-order valence-electron chi connectivity index (χ3n) is 2.37. The summed E-state index contributed by atoms with van der Waals surface area (Å²) >= 11 is 6.95. The third-order valence-corrected chi connectivity index (χ3v) is 3.62. The number of thioether (sulfide) groups is 1. The molecule has 0 saturated carbocycles. The molecule has 1 aliphatic heterocycles. The summed E-state index contributed by atoms with van der Waals surface area (Å²) in [5.41, 5.74) is 0. The van der Waals surface area contributed by atoms with Gasteiger partial charge in [-0.1, -0.05) is 0 Å². The predicted molar refractivity (Wildman–Crippen MR) is 57.5 cm³/mol. The van der Waals surface area contributed by atoms with E-state index in [1.54, 1.807) is 0 Å². The molecule has 0 aromatic carbocycles. The minimum absolute atomic E-state index is 0.570. The lowest BCUT2D eigenvalue weighted by Crippen LogP contribution is -2.12. The van der Waals surface area contributed by atoms with Crippen LogP contribution in [0.2, 0.25) is 0 Å². The summed E-state index contributed by atoms with van der Waals surface area (Å²) in [5, 5.41) is 5.84. The minimum Gasteiger partial charge on any atom is -0.286 e. The van der Waals surface area contributed by atoms with Crippen LogP contribution < -0.4 is 0 Å². The van der Waals surface area contributed by atoms with E-state index in [9.17, 15) is 0 Å². The van der Waals surface area contributed by atoms with Crippen molar-refractivity contribution in [3.63, 3.8) is 0 Å². The van der Waals surface area contributed by atoms with Crippen LogP contribution in [0.1, 0.15) is 18.7 Å². The molecule has 0 amide bonds. The van der Waals surface area contributed by atoms with Crippen LogP contribution in [0.5, 0.6) is 0 Å². The van der Waals surface area contributed by atoms with E-state index < -0.39 is 0 Å². The monoisotopic (exact) mass is 215 g/mol. The molecule has 72 valence electrons. The Kier molecular flexibility index (Phi) is 3.05. The molecule has 5 heteroatoms. The zero-order chi connectivity index (χ0) is 9.10. The van der Waals surface area contributed by atoms with Crippen LogP contribution >= 0.6 is 24.0 Å². The molecule has 1 aromatic heterocycles. The Balaban J connectivity index is 1.93. The van der Waals surface area contributed by atoms with Gasteiger partial charge in [0.25, 0.3) is 0 Å². The second-order valence-corrected chi connectivity index (χ2v) is 4.98. The summed E-state index contributed by atoms with van der Waals surface area (Å²) in [6, 6.07) is 0. The molecule has 0 spiro atoms. The molecule has 1 saturated heterocycles. The second kappa shape index (κ2) is 4.28. The largest absolute Gasteiger partial charge is 0.286 e. The maximum atomic E-state index is 4.90. The molecule has 2 heterocycles. The van der Waals surface area contributed by atoms with Gasteiger partial charge in [-0.25, -0.2) is 4.98 Å². The highest BCUT2D eigenvalue weighted by molar-refractivity contribution is 7.99. The number of aromatic nitrogens is 3. The Morgan fingerprint density at radius 1 is 1.38 bits per heavy atom. The molecule has 0 unspecified atom stereocenters. The fraction of sp³-hybridized carbons (Fsp3) is 0.750. The summed E-state index contributed by atoms with van der Waals surface area (Å²) in [5.74, 6) is 4.42. The zero-order valence-corrected chi connectivity index (χ0v) is 9.01. The molecular formula is C8H13N3S2. The molecule has 1 aliphatic rings. The molecule has 1 aromatic rings. The van der Waals surface area contributed by atoms with Gasteiger partial charge in [0.2, 0.25) is 4.77 Å². The van der Waals surface area contributed by atoms with E-state index in [1.807, 2.05) is 0 Å². The fourth-order valence-corrected chi connectivity index (χ4v) is 2.99.